The van der Waals surface area contributed by atoms with Crippen molar-refractivity contribution in [2.45, 2.75) is 285 Å². The fraction of sp³-hybridized carbons (Fsp3) is 0.942. The van der Waals surface area contributed by atoms with Crippen LogP contribution in [0.15, 0.2) is 0 Å². The van der Waals surface area contributed by atoms with Crippen molar-refractivity contribution in [2.75, 3.05) is 13.2 Å². The molecule has 0 aromatic heterocycles. The van der Waals surface area contributed by atoms with Crippen molar-refractivity contribution >= 4 is 17.9 Å². The minimum Gasteiger partial charge on any atom is -0.462 e. The first-order chi connectivity index (χ1) is 28.2. The van der Waals surface area contributed by atoms with Crippen molar-refractivity contribution in [3.63, 3.8) is 0 Å². The van der Waals surface area contributed by atoms with Crippen LogP contribution in [0.2, 0.25) is 0 Å². The average molecular weight is 821 g/mol. The summed E-state index contributed by atoms with van der Waals surface area (Å²) < 4.78 is 16.8. The summed E-state index contributed by atoms with van der Waals surface area (Å²) >= 11 is 0. The van der Waals surface area contributed by atoms with Gasteiger partial charge in [-0.15, -0.1) is 0 Å². The van der Waals surface area contributed by atoms with Gasteiger partial charge in [0.1, 0.15) is 13.2 Å². The van der Waals surface area contributed by atoms with Gasteiger partial charge >= 0.3 is 17.9 Å². The highest BCUT2D eigenvalue weighted by molar-refractivity contribution is 5.71. The molecule has 344 valence electrons. The van der Waals surface area contributed by atoms with Crippen molar-refractivity contribution in [1.29, 1.82) is 0 Å². The third-order valence-corrected chi connectivity index (χ3v) is 12.4. The minimum absolute atomic E-state index is 0.0656. The summed E-state index contributed by atoms with van der Waals surface area (Å²) in [5, 5.41) is 0. The first kappa shape index (κ1) is 56.4. The Morgan fingerprint density at radius 1 is 0.345 bits per heavy atom. The van der Waals surface area contributed by atoms with Crippen LogP contribution in [0, 0.1) is 17.8 Å². The summed E-state index contributed by atoms with van der Waals surface area (Å²) in [5.41, 5.74) is 0. The van der Waals surface area contributed by atoms with E-state index in [4.69, 9.17) is 14.2 Å². The van der Waals surface area contributed by atoms with E-state index in [1.807, 2.05) is 0 Å². The predicted octanol–water partition coefficient (Wildman–Crippen LogP) is 16.4. The summed E-state index contributed by atoms with van der Waals surface area (Å²) in [4.78, 5) is 37.9. The largest absolute Gasteiger partial charge is 0.462 e. The molecule has 0 saturated carbocycles. The number of ether oxygens (including phenoxy) is 3. The zero-order chi connectivity index (χ0) is 42.7. The molecule has 0 aromatic rings. The van der Waals surface area contributed by atoms with E-state index in [1.54, 1.807) is 0 Å². The molecule has 0 rings (SSSR count). The van der Waals surface area contributed by atoms with Crippen molar-refractivity contribution in [1.82, 2.24) is 0 Å². The second kappa shape index (κ2) is 43.5. The van der Waals surface area contributed by atoms with Crippen molar-refractivity contribution in [3.8, 4) is 0 Å². The molecule has 0 spiro atoms. The van der Waals surface area contributed by atoms with Gasteiger partial charge in [0.05, 0.1) is 0 Å². The number of esters is 3. The van der Waals surface area contributed by atoms with E-state index >= 15 is 0 Å². The van der Waals surface area contributed by atoms with Crippen LogP contribution in [0.3, 0.4) is 0 Å². The lowest BCUT2D eigenvalue weighted by Gasteiger charge is -2.18. The molecule has 0 N–H and O–H groups in total. The maximum Gasteiger partial charge on any atom is 0.306 e. The van der Waals surface area contributed by atoms with Gasteiger partial charge in [-0.05, 0) is 37.0 Å². The van der Waals surface area contributed by atoms with Crippen LogP contribution in [-0.2, 0) is 28.6 Å². The van der Waals surface area contributed by atoms with E-state index in [2.05, 4.69) is 41.5 Å². The SMILES string of the molecule is CCC(C)CCCCCCCCCCCCC(=O)OC[C@@H](COC(=O)CCCCCCCCCCCCCCCC(C)C)OC(=O)CCCCCCCCC(C)CC. The van der Waals surface area contributed by atoms with Gasteiger partial charge in [-0.25, -0.2) is 0 Å². The second-order valence-electron chi connectivity index (χ2n) is 18.8. The number of hydrogen-bond acceptors (Lipinski definition) is 6. The van der Waals surface area contributed by atoms with Crippen LogP contribution >= 0.6 is 0 Å². The summed E-state index contributed by atoms with van der Waals surface area (Å²) in [5.74, 6) is 1.66. The maximum atomic E-state index is 12.7. The molecular formula is C52H100O6. The molecule has 0 aliphatic rings. The number of unbranched alkanes of at least 4 members (excludes halogenated alkanes) is 26. The van der Waals surface area contributed by atoms with Crippen molar-refractivity contribution in [3.05, 3.63) is 0 Å². The second-order valence-corrected chi connectivity index (χ2v) is 18.8. The molecule has 6 heteroatoms. The van der Waals surface area contributed by atoms with E-state index in [0.717, 1.165) is 75.5 Å². The molecule has 0 heterocycles. The van der Waals surface area contributed by atoms with Gasteiger partial charge in [0.2, 0.25) is 0 Å². The lowest BCUT2D eigenvalue weighted by molar-refractivity contribution is -0.167. The zero-order valence-electron chi connectivity index (χ0n) is 39.8. The fourth-order valence-electron chi connectivity index (χ4n) is 7.70. The van der Waals surface area contributed by atoms with Crippen molar-refractivity contribution in [2.24, 2.45) is 17.8 Å². The smallest absolute Gasteiger partial charge is 0.306 e. The average Bonchev–Trinajstić information content (AvgIpc) is 3.21. The number of hydrogen-bond donors (Lipinski definition) is 0. The molecular weight excluding hydrogens is 721 g/mol. The fourth-order valence-corrected chi connectivity index (χ4v) is 7.70. The Morgan fingerprint density at radius 3 is 0.897 bits per heavy atom. The molecule has 0 saturated heterocycles. The number of carbonyl (C=O) groups is 3. The molecule has 0 aliphatic heterocycles. The van der Waals surface area contributed by atoms with Crippen LogP contribution in [0.4, 0.5) is 0 Å². The lowest BCUT2D eigenvalue weighted by atomic mass is 9.99. The van der Waals surface area contributed by atoms with Gasteiger partial charge in [-0.1, -0.05) is 241 Å². The molecule has 0 radical (unpaired) electrons. The molecule has 2 unspecified atom stereocenters. The first-order valence-electron chi connectivity index (χ1n) is 25.7. The third kappa shape index (κ3) is 42.5. The van der Waals surface area contributed by atoms with Gasteiger partial charge in [-0.3, -0.25) is 14.4 Å². The summed E-state index contributed by atoms with van der Waals surface area (Å²) in [7, 11) is 0. The first-order valence-corrected chi connectivity index (χ1v) is 25.7. The van der Waals surface area contributed by atoms with Crippen molar-refractivity contribution < 1.29 is 28.6 Å². The highest BCUT2D eigenvalue weighted by Crippen LogP contribution is 2.18. The zero-order valence-corrected chi connectivity index (χ0v) is 39.8. The molecule has 0 amide bonds. The monoisotopic (exact) mass is 821 g/mol. The van der Waals surface area contributed by atoms with E-state index in [0.29, 0.717) is 19.3 Å². The van der Waals surface area contributed by atoms with E-state index < -0.39 is 6.10 Å². The Hall–Kier alpha value is -1.59. The van der Waals surface area contributed by atoms with Crippen LogP contribution in [0.25, 0.3) is 0 Å². The molecule has 0 aliphatic carbocycles. The summed E-state index contributed by atoms with van der Waals surface area (Å²) in [6.45, 7) is 13.7. The maximum absolute atomic E-state index is 12.7. The minimum atomic E-state index is -0.763. The van der Waals surface area contributed by atoms with Crippen LogP contribution < -0.4 is 0 Å². The Morgan fingerprint density at radius 2 is 0.603 bits per heavy atom. The molecule has 3 atom stereocenters. The van der Waals surface area contributed by atoms with E-state index in [-0.39, 0.29) is 31.1 Å². The Labute approximate surface area is 361 Å². The van der Waals surface area contributed by atoms with Gasteiger partial charge in [-0.2, -0.15) is 0 Å². The quantitative estimate of drug-likeness (QED) is 0.0346. The normalized spacial score (nSPS) is 13.1. The van der Waals surface area contributed by atoms with Crippen LogP contribution in [0.1, 0.15) is 279 Å². The highest BCUT2D eigenvalue weighted by atomic mass is 16.6. The topological polar surface area (TPSA) is 78.9 Å². The molecule has 6 nitrogen and oxygen atoms in total. The van der Waals surface area contributed by atoms with E-state index in [9.17, 15) is 14.4 Å². The van der Waals surface area contributed by atoms with Gasteiger partial charge in [0.25, 0.3) is 0 Å². The molecule has 0 aromatic carbocycles. The number of carbonyl (C=O) groups excluding carboxylic acids is 3. The predicted molar refractivity (Wildman–Crippen MR) is 247 cm³/mol. The lowest BCUT2D eigenvalue weighted by Crippen LogP contribution is -2.30. The van der Waals surface area contributed by atoms with Crippen LogP contribution in [0.5, 0.6) is 0 Å². The van der Waals surface area contributed by atoms with Gasteiger partial charge in [0.15, 0.2) is 6.10 Å². The van der Waals surface area contributed by atoms with Gasteiger partial charge < -0.3 is 14.2 Å². The standard InChI is InChI=1S/C52H100O6/c1-7-47(5)39-33-27-21-17-14-15-19-23-30-36-42-51(54)57-45-49(58-52(55)43-37-31-25-24-28-34-40-48(6)8-2)44-56-50(53)41-35-29-22-18-13-11-9-10-12-16-20-26-32-38-46(3)4/h46-49H,7-45H2,1-6H3/t47?,48?,49-/m1/s1. The number of rotatable bonds is 45. The molecule has 0 bridgehead atoms. The van der Waals surface area contributed by atoms with E-state index in [1.165, 1.54) is 161 Å². The Bertz CT molecular complexity index is 902. The molecule has 0 fully saturated rings. The third-order valence-electron chi connectivity index (χ3n) is 12.4. The Kier molecular flexibility index (Phi) is 42.3. The van der Waals surface area contributed by atoms with Crippen LogP contribution in [-0.4, -0.2) is 37.2 Å². The summed E-state index contributed by atoms with van der Waals surface area (Å²) in [6.07, 6.45) is 42.3. The van der Waals surface area contributed by atoms with Gasteiger partial charge in [0, 0.05) is 19.3 Å². The Balaban J connectivity index is 4.29. The summed E-state index contributed by atoms with van der Waals surface area (Å²) in [6, 6.07) is 0. The highest BCUT2D eigenvalue weighted by Gasteiger charge is 2.19. The molecule has 58 heavy (non-hydrogen) atoms.